The van der Waals surface area contributed by atoms with Crippen LogP contribution in [0.1, 0.15) is 19.3 Å². The van der Waals surface area contributed by atoms with E-state index in [4.69, 9.17) is 28.4 Å². The molecule has 0 saturated heterocycles. The zero-order valence-electron chi connectivity index (χ0n) is 12.9. The van der Waals surface area contributed by atoms with Crippen molar-refractivity contribution in [1.82, 2.24) is 0 Å². The van der Waals surface area contributed by atoms with Crippen molar-refractivity contribution in [1.29, 1.82) is 0 Å². The molecule has 0 N–H and O–H groups in total. The van der Waals surface area contributed by atoms with Crippen molar-refractivity contribution in [3.8, 4) is 11.5 Å². The second-order valence-corrected chi connectivity index (χ2v) is 5.34. The predicted octanol–water partition coefficient (Wildman–Crippen LogP) is 1.13. The van der Waals surface area contributed by atoms with Gasteiger partial charge in [-0.1, -0.05) is 0 Å². The molecule has 0 aromatic carbocycles. The molecule has 1 aliphatic heterocycles. The van der Waals surface area contributed by atoms with E-state index in [1.165, 1.54) is 14.2 Å². The topological polar surface area (TPSA) is 89.5 Å². The number of fused-ring (bicyclic) bond motifs is 1. The highest BCUT2D eigenvalue weighted by atomic mass is 32.1. The van der Waals surface area contributed by atoms with Gasteiger partial charge in [0.15, 0.2) is 21.3 Å². The number of rotatable bonds is 2. The van der Waals surface area contributed by atoms with E-state index in [2.05, 4.69) is 0 Å². The first-order chi connectivity index (χ1) is 11.2. The van der Waals surface area contributed by atoms with Gasteiger partial charge in [-0.3, -0.25) is 0 Å². The Morgan fingerprint density at radius 1 is 0.783 bits per heavy atom. The third-order valence-corrected chi connectivity index (χ3v) is 4.00. The molecule has 0 unspecified atom stereocenters. The maximum absolute atomic E-state index is 11.9. The van der Waals surface area contributed by atoms with Crippen LogP contribution in [0.4, 0.5) is 0 Å². The first kappa shape index (κ1) is 17.5. The Labute approximate surface area is 137 Å². The molecule has 0 bridgehead atoms. The van der Waals surface area contributed by atoms with Crippen molar-refractivity contribution in [2.45, 2.75) is 0 Å². The third kappa shape index (κ3) is 4.34. The van der Waals surface area contributed by atoms with Crippen LogP contribution in [0.3, 0.4) is 0 Å². The lowest BCUT2D eigenvalue weighted by atomic mass is 10.3. The van der Waals surface area contributed by atoms with Gasteiger partial charge in [0, 0.05) is 0 Å². The number of thiophene rings is 1. The maximum Gasteiger partial charge on any atom is 0.352 e. The highest BCUT2D eigenvalue weighted by Crippen LogP contribution is 2.43. The fraction of sp³-hybridized carbons (Fsp3) is 0.571. The number of methoxy groups -OCH3 is 2. The van der Waals surface area contributed by atoms with Crippen molar-refractivity contribution < 1.29 is 38.0 Å². The van der Waals surface area contributed by atoms with Crippen LogP contribution >= 0.6 is 11.3 Å². The molecular formula is C14H18O8S. The molecule has 0 saturated carbocycles. The molecule has 0 amide bonds. The first-order valence-electron chi connectivity index (χ1n) is 6.93. The minimum Gasteiger partial charge on any atom is -0.486 e. The van der Waals surface area contributed by atoms with E-state index in [0.717, 1.165) is 11.3 Å². The molecule has 9 heteroatoms. The van der Waals surface area contributed by atoms with Crippen LogP contribution in [0.5, 0.6) is 11.5 Å². The molecular weight excluding hydrogens is 328 g/mol. The lowest BCUT2D eigenvalue weighted by molar-refractivity contribution is 0.0218. The molecule has 0 radical (unpaired) electrons. The monoisotopic (exact) mass is 346 g/mol. The average molecular weight is 346 g/mol. The molecule has 0 atom stereocenters. The summed E-state index contributed by atoms with van der Waals surface area (Å²) in [6, 6.07) is 0. The van der Waals surface area contributed by atoms with E-state index < -0.39 is 11.9 Å². The van der Waals surface area contributed by atoms with E-state index in [1.807, 2.05) is 0 Å². The molecule has 1 aliphatic rings. The van der Waals surface area contributed by atoms with Gasteiger partial charge in [0.05, 0.1) is 40.6 Å². The highest BCUT2D eigenvalue weighted by molar-refractivity contribution is 7.16. The largest absolute Gasteiger partial charge is 0.486 e. The Morgan fingerprint density at radius 2 is 1.17 bits per heavy atom. The Morgan fingerprint density at radius 3 is 1.57 bits per heavy atom. The zero-order chi connectivity index (χ0) is 16.7. The average Bonchev–Trinajstić information content (AvgIpc) is 2.91. The van der Waals surface area contributed by atoms with Crippen LogP contribution in [0.15, 0.2) is 0 Å². The van der Waals surface area contributed by atoms with Gasteiger partial charge in [-0.05, 0) is 0 Å². The summed E-state index contributed by atoms with van der Waals surface area (Å²) in [7, 11) is 2.50. The summed E-state index contributed by atoms with van der Waals surface area (Å²) < 4.78 is 31.3. The summed E-state index contributed by atoms with van der Waals surface area (Å²) in [5, 5.41) is 0. The van der Waals surface area contributed by atoms with Crippen LogP contribution in [0.25, 0.3) is 0 Å². The molecule has 1 aromatic heterocycles. The smallest absolute Gasteiger partial charge is 0.352 e. The van der Waals surface area contributed by atoms with Crippen LogP contribution in [0, 0.1) is 0 Å². The van der Waals surface area contributed by atoms with Gasteiger partial charge in [0.1, 0.15) is 13.2 Å². The summed E-state index contributed by atoms with van der Waals surface area (Å²) in [6.07, 6.45) is 0. The van der Waals surface area contributed by atoms with E-state index in [0.29, 0.717) is 26.4 Å². The Balaban J connectivity index is 2.38. The standard InChI is InChI=1S/C14H18O8S/c1-17-13(15)11-9-10(12(23-11)14(16)18-2)22-8-6-20-4-3-19-5-7-21-9/h3-8H2,1-2H3. The lowest BCUT2D eigenvalue weighted by Crippen LogP contribution is -2.16. The fourth-order valence-electron chi connectivity index (χ4n) is 1.84. The lowest BCUT2D eigenvalue weighted by Gasteiger charge is -2.13. The molecule has 1 aromatic rings. The molecule has 23 heavy (non-hydrogen) atoms. The normalized spacial score (nSPS) is 15.9. The summed E-state index contributed by atoms with van der Waals surface area (Å²) in [5.74, 6) is -0.915. The van der Waals surface area contributed by atoms with Gasteiger partial charge < -0.3 is 28.4 Å². The molecule has 0 aliphatic carbocycles. The second kappa shape index (κ2) is 8.70. The Hall–Kier alpha value is -1.84. The SMILES string of the molecule is COC(=O)c1sc(C(=O)OC)c2c1OCCOCCOCCO2. The van der Waals surface area contributed by atoms with E-state index in [1.54, 1.807) is 0 Å². The van der Waals surface area contributed by atoms with E-state index in [9.17, 15) is 9.59 Å². The molecule has 0 fully saturated rings. The zero-order valence-corrected chi connectivity index (χ0v) is 13.7. The number of esters is 2. The number of ether oxygens (including phenoxy) is 6. The number of hydrogen-bond acceptors (Lipinski definition) is 9. The molecule has 2 rings (SSSR count). The first-order valence-corrected chi connectivity index (χ1v) is 7.75. The van der Waals surface area contributed by atoms with Crippen molar-refractivity contribution in [3.05, 3.63) is 9.75 Å². The minimum absolute atomic E-state index is 0.140. The summed E-state index contributed by atoms with van der Waals surface area (Å²) in [5.41, 5.74) is 0. The number of carbonyl (C=O) groups excluding carboxylic acids is 2. The summed E-state index contributed by atoms with van der Waals surface area (Å²) >= 11 is 0.902. The third-order valence-electron chi connectivity index (χ3n) is 2.88. The summed E-state index contributed by atoms with van der Waals surface area (Å²) in [6.45, 7) is 1.89. The van der Waals surface area contributed by atoms with Crippen molar-refractivity contribution in [2.75, 3.05) is 53.9 Å². The Kier molecular flexibility index (Phi) is 6.63. The van der Waals surface area contributed by atoms with Gasteiger partial charge in [0.25, 0.3) is 0 Å². The summed E-state index contributed by atoms with van der Waals surface area (Å²) in [4.78, 5) is 24.1. The van der Waals surface area contributed by atoms with Crippen molar-refractivity contribution in [2.24, 2.45) is 0 Å². The maximum atomic E-state index is 11.9. The van der Waals surface area contributed by atoms with Crippen LogP contribution in [-0.2, 0) is 18.9 Å². The van der Waals surface area contributed by atoms with Crippen LogP contribution in [-0.4, -0.2) is 65.8 Å². The molecule has 128 valence electrons. The van der Waals surface area contributed by atoms with E-state index in [-0.39, 0.29) is 34.5 Å². The van der Waals surface area contributed by atoms with Gasteiger partial charge in [-0.15, -0.1) is 11.3 Å². The number of hydrogen-bond donors (Lipinski definition) is 0. The van der Waals surface area contributed by atoms with Gasteiger partial charge in [0.2, 0.25) is 0 Å². The molecule has 0 spiro atoms. The van der Waals surface area contributed by atoms with Gasteiger partial charge >= 0.3 is 11.9 Å². The number of carbonyl (C=O) groups is 2. The fourth-order valence-corrected chi connectivity index (χ4v) is 2.87. The van der Waals surface area contributed by atoms with Crippen LogP contribution in [0.2, 0.25) is 0 Å². The van der Waals surface area contributed by atoms with Crippen LogP contribution < -0.4 is 9.47 Å². The quantitative estimate of drug-likeness (QED) is 0.736. The molecule has 8 nitrogen and oxygen atoms in total. The highest BCUT2D eigenvalue weighted by Gasteiger charge is 2.30. The van der Waals surface area contributed by atoms with Crippen molar-refractivity contribution in [3.63, 3.8) is 0 Å². The van der Waals surface area contributed by atoms with Crippen molar-refractivity contribution >= 4 is 23.3 Å². The minimum atomic E-state index is -0.616. The molecule has 2 heterocycles. The van der Waals surface area contributed by atoms with E-state index >= 15 is 0 Å². The van der Waals surface area contributed by atoms with Gasteiger partial charge in [-0.2, -0.15) is 0 Å². The van der Waals surface area contributed by atoms with Gasteiger partial charge in [-0.25, -0.2) is 9.59 Å². The second-order valence-electron chi connectivity index (χ2n) is 4.32. The predicted molar refractivity (Wildman–Crippen MR) is 79.6 cm³/mol. The Bertz CT molecular complexity index is 507.